The van der Waals surface area contributed by atoms with Crippen molar-refractivity contribution in [3.05, 3.63) is 30.8 Å². The molecule has 11 heteroatoms. The van der Waals surface area contributed by atoms with Gasteiger partial charge in [-0.25, -0.2) is 0 Å². The van der Waals surface area contributed by atoms with Gasteiger partial charge in [0.05, 0.1) is 0 Å². The van der Waals surface area contributed by atoms with Crippen LogP contribution in [0.25, 0.3) is 30.8 Å². The molecule has 0 bridgehead atoms. The smallest absolute Gasteiger partial charge is 3.00 e. The van der Waals surface area contributed by atoms with E-state index in [1.54, 1.807) is 0 Å². The predicted molar refractivity (Wildman–Crippen MR) is 16.8 cm³/mol. The molecule has 0 unspecified atom stereocenters. The van der Waals surface area contributed by atoms with Gasteiger partial charge >= 0.3 is 55.7 Å². The second-order valence-corrected chi connectivity index (χ2v) is 0. The van der Waals surface area contributed by atoms with Gasteiger partial charge < -0.3 is 30.8 Å². The average Bonchev–Trinajstić information content (AvgIpc) is 0. The molecular weight excluding hydrogens is 497 g/mol. The van der Waals surface area contributed by atoms with E-state index in [1.807, 2.05) is 0 Å². The third-order valence-electron chi connectivity index (χ3n) is 0. The van der Waals surface area contributed by atoms with Gasteiger partial charge in [0.15, 0.2) is 0 Å². The first-order valence-corrected chi connectivity index (χ1v) is 0. The van der Waals surface area contributed by atoms with Gasteiger partial charge in [-0.2, -0.15) is 0 Å². The van der Waals surface area contributed by atoms with Crippen LogP contribution in [0, 0.1) is 0 Å². The molecule has 0 atom stereocenters. The molecule has 0 saturated heterocycles. The first-order valence-electron chi connectivity index (χ1n) is 0. The molecule has 52 valence electrons. The second kappa shape index (κ2) is 140. The summed E-state index contributed by atoms with van der Waals surface area (Å²) >= 11 is 0. The molecule has 0 aromatic rings. The Bertz CT molecular complexity index is 16.9. The molecule has 0 N–H and O–H groups in total. The molecule has 0 spiro atoms. The molecule has 0 fully saturated rings. The Morgan fingerprint density at radius 3 is 0.273 bits per heavy atom. The Hall–Kier alpha value is 4.20. The molecule has 0 aliphatic heterocycles. The van der Waals surface area contributed by atoms with Crippen LogP contribution < -0.4 is 0 Å². The molecule has 11 heavy (non-hydrogen) atoms. The molecule has 0 saturated carbocycles. The first kappa shape index (κ1) is 174. The Kier molecular flexibility index (Phi) is 2210. The van der Waals surface area contributed by atoms with E-state index in [4.69, 9.17) is 0 Å². The van der Waals surface area contributed by atoms with Crippen LogP contribution in [0.3, 0.4) is 0 Å². The SMILES string of the molecule is [N-3].[N-3].[N-3].[N-3].[N-3].[V+5].[V+5].[V+5].[Zr].[Zr].[Zr]. The maximum atomic E-state index is 0. The molecule has 0 aromatic heterocycles. The van der Waals surface area contributed by atoms with Crippen molar-refractivity contribution < 1.29 is 134 Å². The van der Waals surface area contributed by atoms with E-state index in [-0.39, 0.29) is 165 Å². The molecule has 0 heterocycles. The fraction of sp³-hybridized carbons (Fsp3) is 0. The van der Waals surface area contributed by atoms with E-state index < -0.39 is 0 Å². The maximum Gasteiger partial charge on any atom is 5.00 e. The fourth-order valence-electron chi connectivity index (χ4n) is 0. The minimum Gasteiger partial charge on any atom is -3.00 e. The van der Waals surface area contributed by atoms with Crippen LogP contribution in [-0.2, 0) is 134 Å². The summed E-state index contributed by atoms with van der Waals surface area (Å²) in [4.78, 5) is 0. The normalized spacial score (nSPS) is 0. The zero-order chi connectivity index (χ0) is 0. The van der Waals surface area contributed by atoms with Gasteiger partial charge in [-0.15, -0.1) is 0 Å². The summed E-state index contributed by atoms with van der Waals surface area (Å²) in [6.45, 7) is 0. The van der Waals surface area contributed by atoms with Gasteiger partial charge in [0.2, 0.25) is 0 Å². The summed E-state index contributed by atoms with van der Waals surface area (Å²) in [5.74, 6) is 0. The van der Waals surface area contributed by atoms with E-state index in [9.17, 15) is 0 Å². The molecule has 0 rings (SSSR count). The summed E-state index contributed by atoms with van der Waals surface area (Å²) in [6, 6.07) is 0. The molecule has 0 amide bonds. The van der Waals surface area contributed by atoms with Crippen LogP contribution in [0.4, 0.5) is 0 Å². The van der Waals surface area contributed by atoms with Crippen molar-refractivity contribution >= 4 is 0 Å². The van der Waals surface area contributed by atoms with Crippen LogP contribution in [0.5, 0.6) is 0 Å². The van der Waals surface area contributed by atoms with Gasteiger partial charge in [0.1, 0.15) is 0 Å². The summed E-state index contributed by atoms with van der Waals surface area (Å²) < 4.78 is 0. The minimum absolute atomic E-state index is 0. The Morgan fingerprint density at radius 1 is 0.273 bits per heavy atom. The van der Waals surface area contributed by atoms with Crippen molar-refractivity contribution in [1.29, 1.82) is 0 Å². The van der Waals surface area contributed by atoms with Gasteiger partial charge in [0.25, 0.3) is 0 Å². The molecule has 0 radical (unpaired) electrons. The number of hydrogen-bond acceptors (Lipinski definition) is 0. The zero-order valence-electron chi connectivity index (χ0n) is 5.08. The fourth-order valence-corrected chi connectivity index (χ4v) is 0. The monoisotopic (exact) mass is 493 g/mol. The third-order valence-corrected chi connectivity index (χ3v) is 0. The van der Waals surface area contributed by atoms with E-state index in [0.717, 1.165) is 0 Å². The van der Waals surface area contributed by atoms with Crippen molar-refractivity contribution in [2.75, 3.05) is 0 Å². The zero-order valence-corrected chi connectivity index (χ0v) is 16.6. The standard InChI is InChI=1S/5N.3V.3Zr/q5*-3;3*+5;;;. The Morgan fingerprint density at radius 2 is 0.273 bits per heavy atom. The van der Waals surface area contributed by atoms with Gasteiger partial charge in [0, 0.05) is 78.6 Å². The van der Waals surface area contributed by atoms with E-state index in [1.165, 1.54) is 0 Å². The molecule has 0 aliphatic rings. The predicted octanol–water partition coefficient (Wildman–Crippen LogP) is 1.43. The maximum absolute atomic E-state index is 0. The van der Waals surface area contributed by atoms with E-state index >= 15 is 0 Å². The van der Waals surface area contributed by atoms with Crippen LogP contribution in [0.2, 0.25) is 0 Å². The summed E-state index contributed by atoms with van der Waals surface area (Å²) in [5.41, 5.74) is 0. The van der Waals surface area contributed by atoms with Crippen LogP contribution >= 0.6 is 0 Å². The van der Waals surface area contributed by atoms with E-state index in [2.05, 4.69) is 0 Å². The molecular formula is N5V3Zr3. The summed E-state index contributed by atoms with van der Waals surface area (Å²) in [5, 5.41) is 0. The van der Waals surface area contributed by atoms with Crippen molar-refractivity contribution in [3.8, 4) is 0 Å². The largest absolute Gasteiger partial charge is 5.00 e. The second-order valence-electron chi connectivity index (χ2n) is 0. The van der Waals surface area contributed by atoms with Gasteiger partial charge in [-0.3, -0.25) is 0 Å². The topological polar surface area (TPSA) is 152 Å². The number of nitrogens with zero attached hydrogens (tertiary/aromatic N) is 5. The summed E-state index contributed by atoms with van der Waals surface area (Å²) in [6.07, 6.45) is 0. The summed E-state index contributed by atoms with van der Waals surface area (Å²) in [7, 11) is 0. The Balaban J connectivity index is 0. The number of rotatable bonds is 0. The van der Waals surface area contributed by atoms with Crippen LogP contribution in [-0.4, -0.2) is 0 Å². The molecule has 0 aromatic carbocycles. The minimum atomic E-state index is 0. The van der Waals surface area contributed by atoms with E-state index in [0.29, 0.717) is 0 Å². The van der Waals surface area contributed by atoms with Gasteiger partial charge in [-0.1, -0.05) is 0 Å². The Labute approximate surface area is 162 Å². The molecule has 5 nitrogen and oxygen atoms in total. The average molecular weight is 497 g/mol. The molecule has 0 aliphatic carbocycles. The van der Waals surface area contributed by atoms with Crippen LogP contribution in [0.1, 0.15) is 0 Å². The van der Waals surface area contributed by atoms with Crippen molar-refractivity contribution in [3.63, 3.8) is 0 Å². The number of hydrogen-bond donors (Lipinski definition) is 0. The first-order chi connectivity index (χ1) is 0. The quantitative estimate of drug-likeness (QED) is 0.476. The van der Waals surface area contributed by atoms with Crippen molar-refractivity contribution in [2.45, 2.75) is 0 Å². The van der Waals surface area contributed by atoms with Crippen molar-refractivity contribution in [1.82, 2.24) is 0 Å². The third kappa shape index (κ3) is 120. The van der Waals surface area contributed by atoms with Crippen LogP contribution in [0.15, 0.2) is 0 Å². The van der Waals surface area contributed by atoms with Crippen molar-refractivity contribution in [2.24, 2.45) is 0 Å². The van der Waals surface area contributed by atoms with Gasteiger partial charge in [-0.05, 0) is 0 Å².